The predicted octanol–water partition coefficient (Wildman–Crippen LogP) is 0.341. The lowest BCUT2D eigenvalue weighted by Gasteiger charge is -2.19. The van der Waals surface area contributed by atoms with Crippen LogP contribution in [0.5, 0.6) is 0 Å². The number of aromatic nitrogens is 1. The van der Waals surface area contributed by atoms with Gasteiger partial charge < -0.3 is 4.98 Å². The molecule has 128 valence electrons. The van der Waals surface area contributed by atoms with E-state index in [1.54, 1.807) is 18.3 Å². The van der Waals surface area contributed by atoms with Crippen molar-refractivity contribution in [1.29, 1.82) is 0 Å². The van der Waals surface area contributed by atoms with Gasteiger partial charge in [-0.3, -0.25) is 34.9 Å². The van der Waals surface area contributed by atoms with Crippen LogP contribution in [0.15, 0.2) is 18.3 Å². The van der Waals surface area contributed by atoms with Crippen LogP contribution in [-0.2, 0) is 14.4 Å². The van der Waals surface area contributed by atoms with Gasteiger partial charge in [0.15, 0.2) is 0 Å². The lowest BCUT2D eigenvalue weighted by molar-refractivity contribution is -0.140. The molecule has 2 fully saturated rings. The Morgan fingerprint density at radius 1 is 1.12 bits per heavy atom. The number of carbonyl (C=O) groups excluding carboxylic acids is 4. The number of carbonyl (C=O) groups is 4. The van der Waals surface area contributed by atoms with Crippen LogP contribution in [-0.4, -0.2) is 40.1 Å². The van der Waals surface area contributed by atoms with Gasteiger partial charge in [0.25, 0.3) is 5.91 Å². The van der Waals surface area contributed by atoms with Gasteiger partial charge in [0.1, 0.15) is 5.69 Å². The monoisotopic (exact) mass is 332 g/mol. The van der Waals surface area contributed by atoms with Crippen molar-refractivity contribution in [2.75, 3.05) is 6.54 Å². The molecule has 8 nitrogen and oxygen atoms in total. The summed E-state index contributed by atoms with van der Waals surface area (Å²) in [6.07, 6.45) is 5.01. The molecule has 2 aliphatic rings. The molecular weight excluding hydrogens is 312 g/mol. The number of hydrogen-bond donors (Lipinski definition) is 3. The molecule has 0 aromatic carbocycles. The van der Waals surface area contributed by atoms with E-state index in [1.807, 2.05) is 0 Å². The van der Waals surface area contributed by atoms with E-state index in [0.717, 1.165) is 25.7 Å². The van der Waals surface area contributed by atoms with E-state index < -0.39 is 11.8 Å². The second kappa shape index (κ2) is 6.86. The highest BCUT2D eigenvalue weighted by atomic mass is 16.2. The molecule has 1 aromatic rings. The molecule has 3 N–H and O–H groups in total. The average molecular weight is 332 g/mol. The summed E-state index contributed by atoms with van der Waals surface area (Å²) in [6.45, 7) is 0.0505. The number of H-pyrrole nitrogens is 1. The highest BCUT2D eigenvalue weighted by Gasteiger charge is 2.47. The normalized spacial score (nSPS) is 23.1. The third-order valence-electron chi connectivity index (χ3n) is 4.65. The van der Waals surface area contributed by atoms with Gasteiger partial charge in [-0.25, -0.2) is 0 Å². The van der Waals surface area contributed by atoms with E-state index in [4.69, 9.17) is 0 Å². The first-order valence-electron chi connectivity index (χ1n) is 8.15. The number of rotatable bonds is 4. The topological polar surface area (TPSA) is 111 Å². The fraction of sp³-hybridized carbons (Fsp3) is 0.500. The Balaban J connectivity index is 1.47. The van der Waals surface area contributed by atoms with Gasteiger partial charge in [0, 0.05) is 19.2 Å². The lowest BCUT2D eigenvalue weighted by atomic mass is 9.81. The number of hydrazine groups is 1. The number of likely N-dealkylation sites (tertiary alicyclic amines) is 1. The van der Waals surface area contributed by atoms with Gasteiger partial charge in [-0.05, 0) is 25.0 Å². The van der Waals surface area contributed by atoms with Crippen molar-refractivity contribution in [2.45, 2.75) is 32.1 Å². The third kappa shape index (κ3) is 3.17. The number of fused-ring (bicyclic) bond motifs is 1. The molecule has 1 aliphatic heterocycles. The maximum Gasteiger partial charge on any atom is 0.286 e. The molecule has 1 saturated heterocycles. The summed E-state index contributed by atoms with van der Waals surface area (Å²) in [4.78, 5) is 52.0. The van der Waals surface area contributed by atoms with E-state index in [0.29, 0.717) is 5.69 Å². The molecule has 0 unspecified atom stereocenters. The Labute approximate surface area is 138 Å². The molecule has 1 aromatic heterocycles. The molecule has 0 spiro atoms. The SMILES string of the molecule is O=C(CCN1C(=O)[C@H]2CCCC[C@@H]2C1=O)NNC(=O)c1ccc[nH]1. The predicted molar refractivity (Wildman–Crippen MR) is 83.2 cm³/mol. The van der Waals surface area contributed by atoms with Crippen molar-refractivity contribution in [2.24, 2.45) is 11.8 Å². The minimum Gasteiger partial charge on any atom is -0.357 e. The van der Waals surface area contributed by atoms with E-state index in [-0.39, 0.29) is 36.6 Å². The molecule has 2 heterocycles. The van der Waals surface area contributed by atoms with Crippen molar-refractivity contribution in [3.8, 4) is 0 Å². The van der Waals surface area contributed by atoms with Gasteiger partial charge in [0.2, 0.25) is 17.7 Å². The zero-order chi connectivity index (χ0) is 17.1. The molecule has 4 amide bonds. The van der Waals surface area contributed by atoms with Crippen LogP contribution < -0.4 is 10.9 Å². The molecule has 8 heteroatoms. The summed E-state index contributed by atoms with van der Waals surface area (Å²) in [7, 11) is 0. The summed E-state index contributed by atoms with van der Waals surface area (Å²) < 4.78 is 0. The molecule has 1 aliphatic carbocycles. The maximum absolute atomic E-state index is 12.3. The van der Waals surface area contributed by atoms with Crippen LogP contribution in [0.1, 0.15) is 42.6 Å². The van der Waals surface area contributed by atoms with Gasteiger partial charge in [-0.2, -0.15) is 0 Å². The minimum atomic E-state index is -0.465. The standard InChI is InChI=1S/C16H20N4O4/c21-13(18-19-14(22)12-6-3-8-17-12)7-9-20-15(23)10-4-1-2-5-11(10)16(20)24/h3,6,8,10-11,17H,1-2,4-5,7,9H2,(H,18,21)(H,19,22)/t10-,11-/m0/s1. The van der Waals surface area contributed by atoms with E-state index in [9.17, 15) is 19.2 Å². The Bertz CT molecular complexity index is 631. The first kappa shape index (κ1) is 16.2. The van der Waals surface area contributed by atoms with Crippen LogP contribution in [0.25, 0.3) is 0 Å². The van der Waals surface area contributed by atoms with Gasteiger partial charge in [-0.1, -0.05) is 12.8 Å². The molecule has 0 radical (unpaired) electrons. The molecule has 0 bridgehead atoms. The van der Waals surface area contributed by atoms with E-state index in [2.05, 4.69) is 15.8 Å². The van der Waals surface area contributed by atoms with Gasteiger partial charge in [-0.15, -0.1) is 0 Å². The summed E-state index contributed by atoms with van der Waals surface area (Å²) in [6, 6.07) is 3.24. The number of amides is 4. The van der Waals surface area contributed by atoms with Crippen molar-refractivity contribution < 1.29 is 19.2 Å². The quantitative estimate of drug-likeness (QED) is 0.545. The van der Waals surface area contributed by atoms with Crippen molar-refractivity contribution in [3.63, 3.8) is 0 Å². The minimum absolute atomic E-state index is 0.0398. The van der Waals surface area contributed by atoms with Crippen LogP contribution >= 0.6 is 0 Å². The van der Waals surface area contributed by atoms with Gasteiger partial charge >= 0.3 is 0 Å². The van der Waals surface area contributed by atoms with Crippen LogP contribution in [0.4, 0.5) is 0 Å². The molecule has 24 heavy (non-hydrogen) atoms. The lowest BCUT2D eigenvalue weighted by Crippen LogP contribution is -2.43. The largest absolute Gasteiger partial charge is 0.357 e. The van der Waals surface area contributed by atoms with E-state index >= 15 is 0 Å². The molecule has 2 atom stereocenters. The number of nitrogens with zero attached hydrogens (tertiary/aromatic N) is 1. The fourth-order valence-electron chi connectivity index (χ4n) is 3.39. The Morgan fingerprint density at radius 2 is 1.79 bits per heavy atom. The smallest absolute Gasteiger partial charge is 0.286 e. The maximum atomic E-state index is 12.3. The first-order chi connectivity index (χ1) is 11.6. The Hall–Kier alpha value is -2.64. The van der Waals surface area contributed by atoms with Crippen molar-refractivity contribution in [1.82, 2.24) is 20.7 Å². The Kier molecular flexibility index (Phi) is 4.64. The zero-order valence-electron chi connectivity index (χ0n) is 13.2. The van der Waals surface area contributed by atoms with Crippen LogP contribution in [0.2, 0.25) is 0 Å². The zero-order valence-corrected chi connectivity index (χ0v) is 13.2. The average Bonchev–Trinajstić information content (AvgIpc) is 3.20. The first-order valence-corrected chi connectivity index (χ1v) is 8.15. The number of imide groups is 1. The summed E-state index contributed by atoms with van der Waals surface area (Å²) in [5.74, 6) is -1.65. The number of nitrogens with one attached hydrogen (secondary N) is 3. The van der Waals surface area contributed by atoms with Crippen LogP contribution in [0, 0.1) is 11.8 Å². The van der Waals surface area contributed by atoms with Crippen LogP contribution in [0.3, 0.4) is 0 Å². The van der Waals surface area contributed by atoms with Gasteiger partial charge in [0.05, 0.1) is 11.8 Å². The summed E-state index contributed by atoms with van der Waals surface area (Å²) >= 11 is 0. The third-order valence-corrected chi connectivity index (χ3v) is 4.65. The second-order valence-corrected chi connectivity index (χ2v) is 6.16. The summed E-state index contributed by atoms with van der Waals surface area (Å²) in [5.41, 5.74) is 4.88. The molecule has 1 saturated carbocycles. The number of aromatic amines is 1. The highest BCUT2D eigenvalue weighted by Crippen LogP contribution is 2.37. The molecular formula is C16H20N4O4. The second-order valence-electron chi connectivity index (χ2n) is 6.16. The Morgan fingerprint density at radius 3 is 2.38 bits per heavy atom. The number of hydrogen-bond acceptors (Lipinski definition) is 4. The van der Waals surface area contributed by atoms with Crippen molar-refractivity contribution in [3.05, 3.63) is 24.0 Å². The fourth-order valence-corrected chi connectivity index (χ4v) is 3.39. The van der Waals surface area contributed by atoms with E-state index in [1.165, 1.54) is 4.90 Å². The summed E-state index contributed by atoms with van der Waals surface area (Å²) in [5, 5.41) is 0. The van der Waals surface area contributed by atoms with Crippen molar-refractivity contribution >= 4 is 23.6 Å². The highest BCUT2D eigenvalue weighted by molar-refractivity contribution is 6.05. The molecule has 3 rings (SSSR count).